The molecule has 0 aliphatic heterocycles. The van der Waals surface area contributed by atoms with Crippen LogP contribution in [0.15, 0.2) is 121 Å². The minimum absolute atomic E-state index is 0.833. The number of fused-ring (bicyclic) bond motifs is 2. The van der Waals surface area contributed by atoms with Gasteiger partial charge >= 0.3 is 0 Å². The molecule has 0 saturated carbocycles. The van der Waals surface area contributed by atoms with Crippen LogP contribution in [0.5, 0.6) is 0 Å². The van der Waals surface area contributed by atoms with Crippen LogP contribution in [0.4, 0.5) is 0 Å². The van der Waals surface area contributed by atoms with E-state index in [2.05, 4.69) is 117 Å². The van der Waals surface area contributed by atoms with E-state index < -0.39 is 0 Å². The first kappa shape index (κ1) is 34.8. The first-order chi connectivity index (χ1) is 17.6. The number of rotatable bonds is 0. The second-order valence-electron chi connectivity index (χ2n) is 7.72. The fourth-order valence-corrected chi connectivity index (χ4v) is 2.74. The third-order valence-electron chi connectivity index (χ3n) is 4.12. The molecule has 196 valence electrons. The van der Waals surface area contributed by atoms with E-state index in [1.54, 1.807) is 0 Å². The smallest absolute Gasteiger partial charge is 0.0477 e. The quantitative estimate of drug-likeness (QED) is 0.205. The molecule has 0 aliphatic rings. The van der Waals surface area contributed by atoms with E-state index in [4.69, 9.17) is 0 Å². The second-order valence-corrected chi connectivity index (χ2v) is 7.72. The summed E-state index contributed by atoms with van der Waals surface area (Å²) in [6.45, 7) is 18.5. The van der Waals surface area contributed by atoms with Crippen molar-refractivity contribution < 1.29 is 0 Å². The summed E-state index contributed by atoms with van der Waals surface area (Å²) in [5.74, 6) is 0.833. The van der Waals surface area contributed by atoms with Crippen molar-refractivity contribution in [1.29, 1.82) is 0 Å². The SMILES string of the molecule is CC.CC.CC.CC(C)C.Cn1ccc2ccccc21.c1ccc2ccccc2c1.c1ccccc1. The third-order valence-corrected chi connectivity index (χ3v) is 4.12. The van der Waals surface area contributed by atoms with Gasteiger partial charge < -0.3 is 4.57 Å². The molecule has 5 aromatic rings. The molecule has 0 atom stereocenters. The van der Waals surface area contributed by atoms with Crippen molar-refractivity contribution >= 4 is 21.7 Å². The molecule has 0 unspecified atom stereocenters. The summed E-state index contributed by atoms with van der Waals surface area (Å²) in [7, 11) is 2.06. The maximum Gasteiger partial charge on any atom is 0.0477 e. The van der Waals surface area contributed by atoms with Crippen molar-refractivity contribution in [2.75, 3.05) is 0 Å². The fourth-order valence-electron chi connectivity index (χ4n) is 2.74. The summed E-state index contributed by atoms with van der Waals surface area (Å²) in [5.41, 5.74) is 1.29. The van der Waals surface area contributed by atoms with Crippen molar-refractivity contribution in [2.24, 2.45) is 13.0 Å². The van der Waals surface area contributed by atoms with Gasteiger partial charge in [0.05, 0.1) is 0 Å². The molecule has 1 aromatic heterocycles. The molecule has 0 spiro atoms. The van der Waals surface area contributed by atoms with Crippen LogP contribution in [0.3, 0.4) is 0 Å². The predicted molar refractivity (Wildman–Crippen MR) is 168 cm³/mol. The average Bonchev–Trinajstić information content (AvgIpc) is 3.34. The van der Waals surface area contributed by atoms with Gasteiger partial charge in [-0.1, -0.05) is 165 Å². The minimum atomic E-state index is 0.833. The van der Waals surface area contributed by atoms with E-state index in [9.17, 15) is 0 Å². The summed E-state index contributed by atoms with van der Waals surface area (Å²) in [5, 5.41) is 3.93. The number of hydrogen-bond acceptors (Lipinski definition) is 0. The Morgan fingerprint density at radius 2 is 0.694 bits per heavy atom. The lowest BCUT2D eigenvalue weighted by Gasteiger charge is -1.92. The fraction of sp³-hybridized carbons (Fsp3) is 0.314. The first-order valence-electron chi connectivity index (χ1n) is 13.5. The molecule has 5 rings (SSSR count). The molecule has 1 heterocycles. The van der Waals surface area contributed by atoms with Gasteiger partial charge in [0.2, 0.25) is 0 Å². The van der Waals surface area contributed by atoms with Crippen molar-refractivity contribution in [2.45, 2.75) is 62.3 Å². The highest BCUT2D eigenvalue weighted by Crippen LogP contribution is 2.12. The Balaban J connectivity index is 0. The van der Waals surface area contributed by atoms with Crippen LogP contribution in [-0.2, 0) is 7.05 Å². The standard InChI is InChI=1S/C10H8.C9H9N.C6H6.C4H10.3C2H6/c1-2-6-10-8-4-3-7-9(10)5-1;1-10-7-6-8-4-2-3-5-9(8)10;1-2-4-6-5-3-1;1-4(2)3;3*1-2/h1-8H;2-7H,1H3;1-6H;4H,1-3H3;3*1-2H3. The minimum Gasteiger partial charge on any atom is -0.351 e. The zero-order chi connectivity index (χ0) is 27.6. The maximum atomic E-state index is 2.17. The molecule has 36 heavy (non-hydrogen) atoms. The van der Waals surface area contributed by atoms with E-state index in [-0.39, 0.29) is 0 Å². The van der Waals surface area contributed by atoms with Gasteiger partial charge in [0.1, 0.15) is 0 Å². The van der Waals surface area contributed by atoms with E-state index in [1.807, 2.05) is 77.9 Å². The molecule has 0 aliphatic carbocycles. The summed E-state index contributed by atoms with van der Waals surface area (Å²) >= 11 is 0. The molecule has 0 radical (unpaired) electrons. The second kappa shape index (κ2) is 24.8. The van der Waals surface area contributed by atoms with Crippen LogP contribution >= 0.6 is 0 Å². The van der Waals surface area contributed by atoms with Crippen molar-refractivity contribution in [3.63, 3.8) is 0 Å². The normalized spacial score (nSPS) is 8.53. The molecule has 4 aromatic carbocycles. The largest absolute Gasteiger partial charge is 0.351 e. The molecular weight excluding hydrogens is 434 g/mol. The van der Waals surface area contributed by atoms with Crippen LogP contribution < -0.4 is 0 Å². The zero-order valence-corrected chi connectivity index (χ0v) is 24.6. The molecule has 1 nitrogen and oxygen atoms in total. The van der Waals surface area contributed by atoms with E-state index >= 15 is 0 Å². The predicted octanol–water partition coefficient (Wildman–Crippen LogP) is 11.4. The van der Waals surface area contributed by atoms with E-state index in [0.717, 1.165) is 5.92 Å². The molecule has 0 amide bonds. The number of benzene rings is 4. The van der Waals surface area contributed by atoms with Crippen LogP contribution in [-0.4, -0.2) is 4.57 Å². The lowest BCUT2D eigenvalue weighted by atomic mass is 10.1. The Kier molecular flexibility index (Phi) is 24.0. The number of hydrogen-bond donors (Lipinski definition) is 0. The zero-order valence-electron chi connectivity index (χ0n) is 24.6. The van der Waals surface area contributed by atoms with Gasteiger partial charge in [0, 0.05) is 18.8 Å². The monoisotopic (exact) mass is 485 g/mol. The summed E-state index contributed by atoms with van der Waals surface area (Å²) < 4.78 is 2.12. The molecule has 0 saturated heterocycles. The highest BCUT2D eigenvalue weighted by atomic mass is 14.9. The Labute approximate surface area is 222 Å². The van der Waals surface area contributed by atoms with Crippen LogP contribution in [0.1, 0.15) is 62.3 Å². The summed E-state index contributed by atoms with van der Waals surface area (Å²) in [4.78, 5) is 0. The third kappa shape index (κ3) is 16.3. The number of nitrogens with zero attached hydrogens (tertiary/aromatic N) is 1. The van der Waals surface area contributed by atoms with E-state index in [0.29, 0.717) is 0 Å². The number of aromatic nitrogens is 1. The molecule has 0 fully saturated rings. The molecule has 1 heteroatoms. The van der Waals surface area contributed by atoms with Gasteiger partial charge in [-0.25, -0.2) is 0 Å². The van der Waals surface area contributed by atoms with Gasteiger partial charge in [-0.05, 0) is 34.2 Å². The Bertz CT molecular complexity index is 996. The van der Waals surface area contributed by atoms with Gasteiger partial charge in [0.15, 0.2) is 0 Å². The highest BCUT2D eigenvalue weighted by molar-refractivity contribution is 5.82. The van der Waals surface area contributed by atoms with Gasteiger partial charge in [0.25, 0.3) is 0 Å². The van der Waals surface area contributed by atoms with Gasteiger partial charge in [-0.2, -0.15) is 0 Å². The topological polar surface area (TPSA) is 4.93 Å². The maximum absolute atomic E-state index is 2.17. The van der Waals surface area contributed by atoms with Gasteiger partial charge in [-0.15, -0.1) is 0 Å². The highest BCUT2D eigenvalue weighted by Gasteiger charge is 1.92. The number of aryl methyl sites for hydroxylation is 1. The summed E-state index contributed by atoms with van der Waals surface area (Å²) in [6.07, 6.45) is 2.07. The van der Waals surface area contributed by atoms with Crippen LogP contribution in [0.25, 0.3) is 21.7 Å². The Morgan fingerprint density at radius 1 is 0.417 bits per heavy atom. The van der Waals surface area contributed by atoms with Crippen molar-refractivity contribution in [1.82, 2.24) is 4.57 Å². The lowest BCUT2D eigenvalue weighted by Crippen LogP contribution is -1.81. The van der Waals surface area contributed by atoms with Crippen LogP contribution in [0, 0.1) is 5.92 Å². The summed E-state index contributed by atoms with van der Waals surface area (Å²) in [6, 6.07) is 39.2. The van der Waals surface area contributed by atoms with E-state index in [1.165, 1.54) is 21.7 Å². The average molecular weight is 486 g/mol. The Hall–Kier alpha value is -3.32. The van der Waals surface area contributed by atoms with Crippen molar-refractivity contribution in [3.05, 3.63) is 121 Å². The molecule has 0 N–H and O–H groups in total. The first-order valence-corrected chi connectivity index (χ1v) is 13.5. The lowest BCUT2D eigenvalue weighted by molar-refractivity contribution is 0.737. The molecule has 0 bridgehead atoms. The van der Waals surface area contributed by atoms with Crippen LogP contribution in [0.2, 0.25) is 0 Å². The molecular formula is C35H51N. The van der Waals surface area contributed by atoms with Crippen molar-refractivity contribution in [3.8, 4) is 0 Å². The number of para-hydroxylation sites is 1. The van der Waals surface area contributed by atoms with Gasteiger partial charge in [-0.3, -0.25) is 0 Å². The Morgan fingerprint density at radius 3 is 1.00 bits per heavy atom.